The third-order valence-electron chi connectivity index (χ3n) is 6.67. The van der Waals surface area contributed by atoms with Crippen molar-refractivity contribution in [1.82, 2.24) is 20.2 Å². The summed E-state index contributed by atoms with van der Waals surface area (Å²) < 4.78 is 0. The molecule has 172 valence electrons. The number of aryl methyl sites for hydroxylation is 1. The highest BCUT2D eigenvalue weighted by molar-refractivity contribution is 6.07. The minimum absolute atomic E-state index is 0.0436. The van der Waals surface area contributed by atoms with Gasteiger partial charge >= 0.3 is 0 Å². The van der Waals surface area contributed by atoms with Crippen molar-refractivity contribution in [3.05, 3.63) is 95.7 Å². The zero-order chi connectivity index (χ0) is 23.3. The largest absolute Gasteiger partial charge is 0.352 e. The summed E-state index contributed by atoms with van der Waals surface area (Å²) in [6.07, 6.45) is 3.95. The molecule has 5 rings (SSSR count). The van der Waals surface area contributed by atoms with Gasteiger partial charge in [0, 0.05) is 24.7 Å². The predicted molar refractivity (Wildman–Crippen MR) is 136 cm³/mol. The predicted octanol–water partition coefficient (Wildman–Crippen LogP) is 5.25. The van der Waals surface area contributed by atoms with Gasteiger partial charge in [-0.05, 0) is 68.6 Å². The third-order valence-corrected chi connectivity index (χ3v) is 6.67. The first-order valence-electron chi connectivity index (χ1n) is 12.0. The number of fused-ring (bicyclic) bond motifs is 1. The molecular weight excluding hydrogens is 420 g/mol. The van der Waals surface area contributed by atoms with Crippen molar-refractivity contribution in [2.24, 2.45) is 5.92 Å². The zero-order valence-corrected chi connectivity index (χ0v) is 19.6. The summed E-state index contributed by atoms with van der Waals surface area (Å²) in [7, 11) is 0. The van der Waals surface area contributed by atoms with Crippen LogP contribution in [-0.4, -0.2) is 40.4 Å². The Bertz CT molecular complexity index is 1260. The number of benzene rings is 2. The number of pyridine rings is 2. The fourth-order valence-electron chi connectivity index (χ4n) is 4.64. The molecule has 0 bridgehead atoms. The van der Waals surface area contributed by atoms with Crippen molar-refractivity contribution >= 4 is 16.8 Å². The molecule has 1 saturated heterocycles. The molecular formula is C29H30N4O. The topological polar surface area (TPSA) is 58.1 Å². The van der Waals surface area contributed by atoms with Gasteiger partial charge < -0.3 is 5.32 Å². The molecule has 4 aromatic rings. The maximum absolute atomic E-state index is 13.2. The second-order valence-corrected chi connectivity index (χ2v) is 9.20. The van der Waals surface area contributed by atoms with Crippen molar-refractivity contribution in [3.63, 3.8) is 0 Å². The van der Waals surface area contributed by atoms with Crippen molar-refractivity contribution in [2.75, 3.05) is 19.6 Å². The Hall–Kier alpha value is -3.57. The van der Waals surface area contributed by atoms with E-state index >= 15 is 0 Å². The number of hydrogen-bond donors (Lipinski definition) is 1. The Labute approximate surface area is 200 Å². The molecule has 34 heavy (non-hydrogen) atoms. The number of para-hydroxylation sites is 1. The first-order valence-corrected chi connectivity index (χ1v) is 12.0. The van der Waals surface area contributed by atoms with Crippen LogP contribution in [0.2, 0.25) is 0 Å². The fourth-order valence-corrected chi connectivity index (χ4v) is 4.64. The van der Waals surface area contributed by atoms with E-state index in [1.54, 1.807) is 6.20 Å². The summed E-state index contributed by atoms with van der Waals surface area (Å²) in [5.41, 5.74) is 5.61. The summed E-state index contributed by atoms with van der Waals surface area (Å²) in [5, 5.41) is 4.07. The van der Waals surface area contributed by atoms with Gasteiger partial charge in [0.15, 0.2) is 0 Å². The van der Waals surface area contributed by atoms with Gasteiger partial charge in [0.2, 0.25) is 0 Å². The van der Waals surface area contributed by atoms with Gasteiger partial charge in [-0.25, -0.2) is 4.98 Å². The van der Waals surface area contributed by atoms with Crippen molar-refractivity contribution < 1.29 is 4.79 Å². The van der Waals surface area contributed by atoms with Gasteiger partial charge in [-0.1, -0.05) is 54.1 Å². The molecule has 0 aliphatic carbocycles. The Morgan fingerprint density at radius 1 is 0.971 bits per heavy atom. The van der Waals surface area contributed by atoms with Gasteiger partial charge in [-0.3, -0.25) is 14.7 Å². The molecule has 1 N–H and O–H groups in total. The maximum atomic E-state index is 13.2. The molecule has 2 aromatic heterocycles. The van der Waals surface area contributed by atoms with Crippen LogP contribution in [0.15, 0.2) is 79.0 Å². The van der Waals surface area contributed by atoms with E-state index in [0.29, 0.717) is 23.7 Å². The molecule has 0 atom stereocenters. The number of aromatic nitrogens is 2. The Morgan fingerprint density at radius 2 is 1.74 bits per heavy atom. The van der Waals surface area contributed by atoms with Crippen LogP contribution in [0.1, 0.15) is 34.3 Å². The molecule has 3 heterocycles. The normalized spacial score (nSPS) is 14.9. The molecule has 0 unspecified atom stereocenters. The SMILES string of the molecule is Cc1ccc(CN2CCC(CNC(=O)c3cc(-c4ccccn4)nc4ccccc34)CC2)cc1. The Morgan fingerprint density at radius 3 is 2.50 bits per heavy atom. The first kappa shape index (κ1) is 22.2. The quantitative estimate of drug-likeness (QED) is 0.436. The molecule has 5 nitrogen and oxygen atoms in total. The first-order chi connectivity index (χ1) is 16.7. The number of carbonyl (C=O) groups is 1. The summed E-state index contributed by atoms with van der Waals surface area (Å²) in [4.78, 5) is 24.9. The van der Waals surface area contributed by atoms with Crippen LogP contribution in [-0.2, 0) is 6.54 Å². The number of hydrogen-bond acceptors (Lipinski definition) is 4. The van der Waals surface area contributed by atoms with Gasteiger partial charge in [-0.2, -0.15) is 0 Å². The summed E-state index contributed by atoms with van der Waals surface area (Å²) in [6, 6.07) is 24.2. The molecule has 0 radical (unpaired) electrons. The summed E-state index contributed by atoms with van der Waals surface area (Å²) in [6.45, 7) is 5.95. The van der Waals surface area contributed by atoms with Crippen LogP contribution in [0.5, 0.6) is 0 Å². The van der Waals surface area contributed by atoms with Crippen LogP contribution in [0, 0.1) is 12.8 Å². The van der Waals surface area contributed by atoms with E-state index < -0.39 is 0 Å². The van der Waals surface area contributed by atoms with Gasteiger partial charge in [-0.15, -0.1) is 0 Å². The van der Waals surface area contributed by atoms with Crippen molar-refractivity contribution in [3.8, 4) is 11.4 Å². The lowest BCUT2D eigenvalue weighted by atomic mass is 9.96. The van der Waals surface area contributed by atoms with E-state index in [4.69, 9.17) is 4.98 Å². The molecule has 1 amide bonds. The number of nitrogens with one attached hydrogen (secondary N) is 1. The van der Waals surface area contributed by atoms with Gasteiger partial charge in [0.25, 0.3) is 5.91 Å². The van der Waals surface area contributed by atoms with Crippen LogP contribution in [0.4, 0.5) is 0 Å². The van der Waals surface area contributed by atoms with Crippen LogP contribution in [0.25, 0.3) is 22.3 Å². The van der Waals surface area contributed by atoms with E-state index in [9.17, 15) is 4.79 Å². The lowest BCUT2D eigenvalue weighted by molar-refractivity contribution is 0.0937. The zero-order valence-electron chi connectivity index (χ0n) is 19.6. The lowest BCUT2D eigenvalue weighted by Crippen LogP contribution is -2.38. The fraction of sp³-hybridized carbons (Fsp3) is 0.276. The second kappa shape index (κ2) is 10.1. The maximum Gasteiger partial charge on any atom is 0.252 e. The molecule has 1 fully saturated rings. The third kappa shape index (κ3) is 5.15. The highest BCUT2D eigenvalue weighted by Gasteiger charge is 2.21. The molecule has 2 aromatic carbocycles. The number of carbonyl (C=O) groups excluding carboxylic acids is 1. The molecule has 0 spiro atoms. The number of piperidine rings is 1. The number of amides is 1. The van der Waals surface area contributed by atoms with Crippen LogP contribution < -0.4 is 5.32 Å². The van der Waals surface area contributed by atoms with Crippen LogP contribution in [0.3, 0.4) is 0 Å². The van der Waals surface area contributed by atoms with Crippen molar-refractivity contribution in [1.29, 1.82) is 0 Å². The minimum Gasteiger partial charge on any atom is -0.352 e. The second-order valence-electron chi connectivity index (χ2n) is 9.20. The summed E-state index contributed by atoms with van der Waals surface area (Å²) >= 11 is 0. The minimum atomic E-state index is -0.0436. The molecule has 5 heteroatoms. The van der Waals surface area contributed by atoms with E-state index in [1.807, 2.05) is 48.5 Å². The highest BCUT2D eigenvalue weighted by Crippen LogP contribution is 2.24. The molecule has 1 aliphatic heterocycles. The highest BCUT2D eigenvalue weighted by atomic mass is 16.1. The number of nitrogens with zero attached hydrogens (tertiary/aromatic N) is 3. The Balaban J connectivity index is 1.23. The Kier molecular flexibility index (Phi) is 6.63. The van der Waals surface area contributed by atoms with E-state index in [1.165, 1.54) is 11.1 Å². The van der Waals surface area contributed by atoms with E-state index in [2.05, 4.69) is 46.4 Å². The number of likely N-dealkylation sites (tertiary alicyclic amines) is 1. The molecule has 1 aliphatic rings. The number of rotatable bonds is 6. The summed E-state index contributed by atoms with van der Waals surface area (Å²) in [5.74, 6) is 0.458. The van der Waals surface area contributed by atoms with E-state index in [0.717, 1.165) is 49.1 Å². The lowest BCUT2D eigenvalue weighted by Gasteiger charge is -2.32. The standard InChI is InChI=1S/C29H30N4O/c1-21-9-11-23(12-10-21)20-33-16-13-22(14-17-33)19-31-29(34)25-18-28(27-8-4-5-15-30-27)32-26-7-3-2-6-24(25)26/h2-12,15,18,22H,13-14,16-17,19-20H2,1H3,(H,31,34). The smallest absolute Gasteiger partial charge is 0.252 e. The molecule has 0 saturated carbocycles. The van der Waals surface area contributed by atoms with Crippen molar-refractivity contribution in [2.45, 2.75) is 26.3 Å². The van der Waals surface area contributed by atoms with E-state index in [-0.39, 0.29) is 5.91 Å². The van der Waals surface area contributed by atoms with Crippen LogP contribution >= 0.6 is 0 Å². The average molecular weight is 451 g/mol. The monoisotopic (exact) mass is 450 g/mol. The van der Waals surface area contributed by atoms with Gasteiger partial charge in [0.1, 0.15) is 0 Å². The van der Waals surface area contributed by atoms with Gasteiger partial charge in [0.05, 0.1) is 22.5 Å². The average Bonchev–Trinajstić information content (AvgIpc) is 2.89.